The van der Waals surface area contributed by atoms with Crippen LogP contribution >= 0.6 is 11.3 Å². The lowest BCUT2D eigenvalue weighted by Crippen LogP contribution is -2.27. The zero-order valence-corrected chi connectivity index (χ0v) is 12.5. The van der Waals surface area contributed by atoms with Crippen molar-refractivity contribution in [3.63, 3.8) is 0 Å². The largest absolute Gasteiger partial charge is 0.393 e. The molecule has 0 fully saturated rings. The minimum absolute atomic E-state index is 0.133. The van der Waals surface area contributed by atoms with Crippen molar-refractivity contribution in [3.05, 3.63) is 41.2 Å². The summed E-state index contributed by atoms with van der Waals surface area (Å²) in [6.45, 7) is 2.12. The third-order valence-corrected chi connectivity index (χ3v) is 3.79. The average Bonchev–Trinajstić information content (AvgIpc) is 2.86. The first-order valence-corrected chi connectivity index (χ1v) is 7.57. The number of nitrogens with one attached hydrogen (secondary N) is 1. The summed E-state index contributed by atoms with van der Waals surface area (Å²) in [6.07, 6.45) is 0.285. The molecule has 0 saturated heterocycles. The molecule has 1 aromatic carbocycles. The molecule has 4 nitrogen and oxygen atoms in total. The van der Waals surface area contributed by atoms with Gasteiger partial charge in [-0.2, -0.15) is 0 Å². The Bertz CT molecular complexity index is 613. The molecule has 1 amide bonds. The number of benzene rings is 1. The normalized spacial score (nSPS) is 12.1. The molecule has 2 aromatic rings. The number of thiazole rings is 1. The van der Waals surface area contributed by atoms with E-state index in [1.165, 1.54) is 23.5 Å². The summed E-state index contributed by atoms with van der Waals surface area (Å²) in [5.74, 6) is -0.438. The molecule has 0 aliphatic carbocycles. The zero-order valence-electron chi connectivity index (χ0n) is 11.7. The van der Waals surface area contributed by atoms with E-state index in [0.29, 0.717) is 29.2 Å². The van der Waals surface area contributed by atoms with Crippen LogP contribution in [0.2, 0.25) is 0 Å². The van der Waals surface area contributed by atoms with Gasteiger partial charge in [-0.15, -0.1) is 11.3 Å². The van der Waals surface area contributed by atoms with Crippen LogP contribution < -0.4 is 5.32 Å². The maximum atomic E-state index is 13.2. The van der Waals surface area contributed by atoms with E-state index in [1.54, 1.807) is 24.4 Å². The van der Waals surface area contributed by atoms with Crippen molar-refractivity contribution >= 4 is 17.2 Å². The molecule has 1 atom stereocenters. The summed E-state index contributed by atoms with van der Waals surface area (Å²) in [6, 6.07) is 6.22. The summed E-state index contributed by atoms with van der Waals surface area (Å²) in [7, 11) is 0. The lowest BCUT2D eigenvalue weighted by Gasteiger charge is -2.05. The Morgan fingerprint density at radius 2 is 2.33 bits per heavy atom. The van der Waals surface area contributed by atoms with Gasteiger partial charge in [-0.3, -0.25) is 4.79 Å². The van der Waals surface area contributed by atoms with Crippen molar-refractivity contribution in [2.24, 2.45) is 0 Å². The predicted octanol–water partition coefficient (Wildman–Crippen LogP) is 2.38. The van der Waals surface area contributed by atoms with Crippen molar-refractivity contribution in [2.75, 3.05) is 6.54 Å². The number of aromatic nitrogens is 1. The topological polar surface area (TPSA) is 62.2 Å². The molecule has 21 heavy (non-hydrogen) atoms. The molecular formula is C15H17FN2O2S. The van der Waals surface area contributed by atoms with Crippen molar-refractivity contribution in [2.45, 2.75) is 25.9 Å². The number of hydrogen-bond donors (Lipinski definition) is 2. The smallest absolute Gasteiger partial charge is 0.226 e. The minimum Gasteiger partial charge on any atom is -0.393 e. The molecule has 0 radical (unpaired) electrons. The second-order valence-electron chi connectivity index (χ2n) is 4.82. The second-order valence-corrected chi connectivity index (χ2v) is 5.68. The zero-order chi connectivity index (χ0) is 15.2. The molecule has 112 valence electrons. The minimum atomic E-state index is -0.427. The van der Waals surface area contributed by atoms with Gasteiger partial charge < -0.3 is 10.4 Å². The summed E-state index contributed by atoms with van der Waals surface area (Å²) < 4.78 is 13.2. The van der Waals surface area contributed by atoms with Gasteiger partial charge in [0.15, 0.2) is 0 Å². The van der Waals surface area contributed by atoms with Crippen molar-refractivity contribution in [1.29, 1.82) is 0 Å². The predicted molar refractivity (Wildman–Crippen MR) is 80.5 cm³/mol. The number of nitrogens with zero attached hydrogens (tertiary/aromatic N) is 1. The summed E-state index contributed by atoms with van der Waals surface area (Å²) in [4.78, 5) is 16.1. The van der Waals surface area contributed by atoms with Crippen LogP contribution in [0.1, 0.15) is 19.0 Å². The van der Waals surface area contributed by atoms with Crippen LogP contribution in [0.3, 0.4) is 0 Å². The Hall–Kier alpha value is -1.79. The molecule has 1 unspecified atom stereocenters. The van der Waals surface area contributed by atoms with E-state index in [9.17, 15) is 9.18 Å². The number of aliphatic hydroxyl groups is 1. The molecule has 0 bridgehead atoms. The number of carbonyl (C=O) groups excluding carboxylic acids is 1. The van der Waals surface area contributed by atoms with E-state index in [2.05, 4.69) is 10.3 Å². The molecular weight excluding hydrogens is 291 g/mol. The van der Waals surface area contributed by atoms with Crippen LogP contribution in [-0.2, 0) is 11.2 Å². The fourth-order valence-corrected chi connectivity index (χ4v) is 2.61. The van der Waals surface area contributed by atoms with Gasteiger partial charge in [0.05, 0.1) is 18.2 Å². The van der Waals surface area contributed by atoms with Gasteiger partial charge in [0, 0.05) is 17.5 Å². The summed E-state index contributed by atoms with van der Waals surface area (Å²) >= 11 is 1.38. The number of aliphatic hydroxyl groups excluding tert-OH is 1. The van der Waals surface area contributed by atoms with Gasteiger partial charge >= 0.3 is 0 Å². The monoisotopic (exact) mass is 308 g/mol. The molecule has 0 saturated carbocycles. The van der Waals surface area contributed by atoms with Crippen molar-refractivity contribution in [3.8, 4) is 10.6 Å². The maximum absolute atomic E-state index is 13.2. The number of halogens is 1. The molecule has 0 aliphatic heterocycles. The summed E-state index contributed by atoms with van der Waals surface area (Å²) in [5, 5.41) is 14.3. The number of hydrogen-bond acceptors (Lipinski definition) is 4. The van der Waals surface area contributed by atoms with E-state index in [-0.39, 0.29) is 18.1 Å². The van der Waals surface area contributed by atoms with E-state index < -0.39 is 6.10 Å². The van der Waals surface area contributed by atoms with Crippen LogP contribution in [0, 0.1) is 5.82 Å². The van der Waals surface area contributed by atoms with Crippen LogP contribution in [0.5, 0.6) is 0 Å². The van der Waals surface area contributed by atoms with Crippen molar-refractivity contribution < 1.29 is 14.3 Å². The quantitative estimate of drug-likeness (QED) is 0.861. The first-order chi connectivity index (χ1) is 10.0. The number of carbonyl (C=O) groups is 1. The van der Waals surface area contributed by atoms with E-state index in [4.69, 9.17) is 5.11 Å². The van der Waals surface area contributed by atoms with E-state index in [1.807, 2.05) is 0 Å². The Morgan fingerprint density at radius 1 is 1.52 bits per heavy atom. The number of amides is 1. The lowest BCUT2D eigenvalue weighted by atomic mass is 10.2. The third-order valence-electron chi connectivity index (χ3n) is 2.85. The van der Waals surface area contributed by atoms with Crippen LogP contribution in [-0.4, -0.2) is 28.6 Å². The van der Waals surface area contributed by atoms with Gasteiger partial charge in [-0.05, 0) is 25.5 Å². The summed E-state index contributed by atoms with van der Waals surface area (Å²) in [5.41, 5.74) is 1.37. The van der Waals surface area contributed by atoms with Crippen LogP contribution in [0.15, 0.2) is 29.6 Å². The van der Waals surface area contributed by atoms with Gasteiger partial charge in [0.2, 0.25) is 5.91 Å². The lowest BCUT2D eigenvalue weighted by molar-refractivity contribution is -0.120. The van der Waals surface area contributed by atoms with Crippen LogP contribution in [0.25, 0.3) is 10.6 Å². The number of rotatable bonds is 6. The Labute approximate surface area is 126 Å². The third kappa shape index (κ3) is 4.91. The van der Waals surface area contributed by atoms with Gasteiger partial charge in [-0.1, -0.05) is 12.1 Å². The first-order valence-electron chi connectivity index (χ1n) is 6.69. The standard InChI is InChI=1S/C15H17FN2O2S/c1-10(19)5-6-17-14(20)8-13-9-21-15(18-13)11-3-2-4-12(16)7-11/h2-4,7,9-10,19H,5-6,8H2,1H3,(H,17,20). The maximum Gasteiger partial charge on any atom is 0.226 e. The van der Waals surface area contributed by atoms with Gasteiger partial charge in [-0.25, -0.2) is 9.37 Å². The molecule has 6 heteroatoms. The Morgan fingerprint density at radius 3 is 3.05 bits per heavy atom. The highest BCUT2D eigenvalue weighted by atomic mass is 32.1. The molecule has 0 spiro atoms. The molecule has 2 N–H and O–H groups in total. The Kier molecular flexibility index (Phi) is 5.41. The first kappa shape index (κ1) is 15.6. The average molecular weight is 308 g/mol. The Balaban J connectivity index is 1.93. The van der Waals surface area contributed by atoms with Crippen molar-refractivity contribution in [1.82, 2.24) is 10.3 Å². The van der Waals surface area contributed by atoms with E-state index in [0.717, 1.165) is 0 Å². The second kappa shape index (κ2) is 7.28. The van der Waals surface area contributed by atoms with E-state index >= 15 is 0 Å². The molecule has 1 heterocycles. The highest BCUT2D eigenvalue weighted by Crippen LogP contribution is 2.24. The van der Waals surface area contributed by atoms with Gasteiger partial charge in [0.1, 0.15) is 10.8 Å². The van der Waals surface area contributed by atoms with Crippen LogP contribution in [0.4, 0.5) is 4.39 Å². The fourth-order valence-electron chi connectivity index (χ4n) is 1.79. The molecule has 0 aliphatic rings. The highest BCUT2D eigenvalue weighted by molar-refractivity contribution is 7.13. The fraction of sp³-hybridized carbons (Fsp3) is 0.333. The molecule has 2 rings (SSSR count). The highest BCUT2D eigenvalue weighted by Gasteiger charge is 2.09. The molecule has 1 aromatic heterocycles. The van der Waals surface area contributed by atoms with Gasteiger partial charge in [0.25, 0.3) is 0 Å². The SMILES string of the molecule is CC(O)CCNC(=O)Cc1csc(-c2cccc(F)c2)n1.